The number of thiophene rings is 1. The Hall–Kier alpha value is -1.30. The highest BCUT2D eigenvalue weighted by Gasteiger charge is 2.17. The Balaban J connectivity index is 1.93. The van der Waals surface area contributed by atoms with Crippen LogP contribution in [0, 0.1) is 11.6 Å². The highest BCUT2D eigenvalue weighted by atomic mass is 32.1. The molecule has 0 saturated carbocycles. The monoisotopic (exact) mass is 269 g/mol. The fourth-order valence-corrected chi connectivity index (χ4v) is 2.35. The lowest BCUT2D eigenvalue weighted by molar-refractivity contribution is 0.165. The van der Waals surface area contributed by atoms with E-state index in [1.54, 1.807) is 11.3 Å². The SMILES string of the molecule is OC(CNCc1cccs1)c1c(F)cccc1F. The zero-order valence-electron chi connectivity index (χ0n) is 9.57. The van der Waals surface area contributed by atoms with Crippen molar-refractivity contribution in [1.82, 2.24) is 5.32 Å². The highest BCUT2D eigenvalue weighted by Crippen LogP contribution is 2.20. The Morgan fingerprint density at radius 3 is 2.50 bits per heavy atom. The maximum Gasteiger partial charge on any atom is 0.131 e. The van der Waals surface area contributed by atoms with E-state index in [2.05, 4.69) is 5.32 Å². The van der Waals surface area contributed by atoms with Crippen molar-refractivity contribution < 1.29 is 13.9 Å². The van der Waals surface area contributed by atoms with Crippen LogP contribution in [0.1, 0.15) is 16.5 Å². The molecule has 1 aromatic heterocycles. The summed E-state index contributed by atoms with van der Waals surface area (Å²) < 4.78 is 26.8. The third-order valence-corrected chi connectivity index (χ3v) is 3.43. The predicted octanol–water partition coefficient (Wildman–Crippen LogP) is 2.85. The molecule has 0 aliphatic heterocycles. The van der Waals surface area contributed by atoms with Crippen LogP contribution in [0.2, 0.25) is 0 Å². The molecule has 96 valence electrons. The van der Waals surface area contributed by atoms with Crippen LogP contribution in [0.25, 0.3) is 0 Å². The van der Waals surface area contributed by atoms with Crippen LogP contribution < -0.4 is 5.32 Å². The van der Waals surface area contributed by atoms with E-state index in [1.165, 1.54) is 6.07 Å². The molecule has 0 fully saturated rings. The van der Waals surface area contributed by atoms with E-state index in [4.69, 9.17) is 0 Å². The van der Waals surface area contributed by atoms with Crippen LogP contribution in [-0.4, -0.2) is 11.7 Å². The van der Waals surface area contributed by atoms with Crippen LogP contribution in [0.4, 0.5) is 8.78 Å². The zero-order valence-corrected chi connectivity index (χ0v) is 10.4. The first kappa shape index (κ1) is 13.1. The van der Waals surface area contributed by atoms with Gasteiger partial charge >= 0.3 is 0 Å². The van der Waals surface area contributed by atoms with Crippen molar-refractivity contribution in [3.8, 4) is 0 Å². The summed E-state index contributed by atoms with van der Waals surface area (Å²) in [6.07, 6.45) is -1.19. The van der Waals surface area contributed by atoms with Gasteiger partial charge in [-0.3, -0.25) is 0 Å². The van der Waals surface area contributed by atoms with Crippen molar-refractivity contribution in [3.63, 3.8) is 0 Å². The van der Waals surface area contributed by atoms with E-state index >= 15 is 0 Å². The molecule has 1 aromatic carbocycles. The summed E-state index contributed by atoms with van der Waals surface area (Å²) >= 11 is 1.58. The molecule has 2 N–H and O–H groups in total. The summed E-state index contributed by atoms with van der Waals surface area (Å²) in [5.74, 6) is -1.44. The number of hydrogen-bond acceptors (Lipinski definition) is 3. The van der Waals surface area contributed by atoms with Crippen LogP contribution in [0.15, 0.2) is 35.7 Å². The molecule has 2 nitrogen and oxygen atoms in total. The molecule has 0 radical (unpaired) electrons. The average Bonchev–Trinajstić information content (AvgIpc) is 2.82. The van der Waals surface area contributed by atoms with Gasteiger partial charge in [-0.25, -0.2) is 8.78 Å². The summed E-state index contributed by atoms with van der Waals surface area (Å²) in [5.41, 5.74) is -0.281. The van der Waals surface area contributed by atoms with E-state index in [9.17, 15) is 13.9 Å². The predicted molar refractivity (Wildman–Crippen MR) is 67.3 cm³/mol. The second-order valence-corrected chi connectivity index (χ2v) is 4.89. The normalized spacial score (nSPS) is 12.6. The third-order valence-electron chi connectivity index (χ3n) is 2.55. The van der Waals surface area contributed by atoms with Gasteiger partial charge in [-0.2, -0.15) is 0 Å². The van der Waals surface area contributed by atoms with Gasteiger partial charge in [0.15, 0.2) is 0 Å². The second-order valence-electron chi connectivity index (χ2n) is 3.86. The summed E-state index contributed by atoms with van der Waals surface area (Å²) in [6.45, 7) is 0.681. The van der Waals surface area contributed by atoms with Gasteiger partial charge in [0.1, 0.15) is 11.6 Å². The lowest BCUT2D eigenvalue weighted by Crippen LogP contribution is -2.22. The molecule has 18 heavy (non-hydrogen) atoms. The Kier molecular flexibility index (Phi) is 4.41. The number of hydrogen-bond donors (Lipinski definition) is 2. The average molecular weight is 269 g/mol. The number of benzene rings is 1. The van der Waals surface area contributed by atoms with E-state index in [1.807, 2.05) is 17.5 Å². The van der Waals surface area contributed by atoms with E-state index in [0.717, 1.165) is 17.0 Å². The summed E-state index contributed by atoms with van der Waals surface area (Å²) in [7, 11) is 0. The number of aliphatic hydroxyl groups is 1. The van der Waals surface area contributed by atoms with Gasteiger partial charge in [0.05, 0.1) is 11.7 Å². The zero-order chi connectivity index (χ0) is 13.0. The molecule has 0 bridgehead atoms. The van der Waals surface area contributed by atoms with E-state index < -0.39 is 17.7 Å². The molecule has 1 atom stereocenters. The fourth-order valence-electron chi connectivity index (χ4n) is 1.68. The Bertz CT molecular complexity index is 481. The fraction of sp³-hybridized carbons (Fsp3) is 0.231. The van der Waals surface area contributed by atoms with Crippen LogP contribution in [-0.2, 0) is 6.54 Å². The van der Waals surface area contributed by atoms with Crippen molar-refractivity contribution in [1.29, 1.82) is 0 Å². The van der Waals surface area contributed by atoms with Crippen LogP contribution in [0.3, 0.4) is 0 Å². The quantitative estimate of drug-likeness (QED) is 0.875. The molecule has 2 aromatic rings. The molecule has 0 spiro atoms. The number of nitrogens with one attached hydrogen (secondary N) is 1. The number of rotatable bonds is 5. The molecule has 2 rings (SSSR count). The minimum Gasteiger partial charge on any atom is -0.387 e. The minimum atomic E-state index is -1.19. The summed E-state index contributed by atoms with van der Waals surface area (Å²) in [4.78, 5) is 1.11. The third kappa shape index (κ3) is 3.13. The molecule has 0 amide bonds. The van der Waals surface area contributed by atoms with Crippen molar-refractivity contribution in [2.75, 3.05) is 6.54 Å². The first-order chi connectivity index (χ1) is 8.68. The van der Waals surface area contributed by atoms with E-state index in [-0.39, 0.29) is 12.1 Å². The van der Waals surface area contributed by atoms with E-state index in [0.29, 0.717) is 6.54 Å². The molecular formula is C13H13F2NOS. The lowest BCUT2D eigenvalue weighted by Gasteiger charge is -2.13. The summed E-state index contributed by atoms with van der Waals surface area (Å²) in [5, 5.41) is 14.7. The number of aliphatic hydroxyl groups excluding tert-OH is 1. The first-order valence-corrected chi connectivity index (χ1v) is 6.41. The van der Waals surface area contributed by atoms with Gasteiger partial charge in [-0.1, -0.05) is 12.1 Å². The molecule has 1 heterocycles. The van der Waals surface area contributed by atoms with Crippen molar-refractivity contribution in [2.24, 2.45) is 0 Å². The van der Waals surface area contributed by atoms with Gasteiger partial charge in [-0.15, -0.1) is 11.3 Å². The smallest absolute Gasteiger partial charge is 0.131 e. The largest absolute Gasteiger partial charge is 0.387 e. The highest BCUT2D eigenvalue weighted by molar-refractivity contribution is 7.09. The second kappa shape index (κ2) is 6.04. The lowest BCUT2D eigenvalue weighted by atomic mass is 10.1. The van der Waals surface area contributed by atoms with Crippen LogP contribution >= 0.6 is 11.3 Å². The van der Waals surface area contributed by atoms with Crippen molar-refractivity contribution in [3.05, 3.63) is 57.8 Å². The molecule has 1 unspecified atom stereocenters. The first-order valence-electron chi connectivity index (χ1n) is 5.53. The topological polar surface area (TPSA) is 32.3 Å². The molecular weight excluding hydrogens is 256 g/mol. The standard InChI is InChI=1S/C13H13F2NOS/c14-10-4-1-5-11(15)13(10)12(17)8-16-7-9-3-2-6-18-9/h1-6,12,16-17H,7-8H2. The van der Waals surface area contributed by atoms with Crippen molar-refractivity contribution in [2.45, 2.75) is 12.6 Å². The Morgan fingerprint density at radius 2 is 1.89 bits per heavy atom. The number of halogens is 2. The Labute approximate surface area is 108 Å². The van der Waals surface area contributed by atoms with Gasteiger partial charge < -0.3 is 10.4 Å². The minimum absolute atomic E-state index is 0.107. The maximum absolute atomic E-state index is 13.4. The molecule has 5 heteroatoms. The molecule has 0 saturated heterocycles. The van der Waals surface area contributed by atoms with Crippen LogP contribution in [0.5, 0.6) is 0 Å². The van der Waals surface area contributed by atoms with Gasteiger partial charge in [0.25, 0.3) is 0 Å². The molecule has 0 aliphatic carbocycles. The summed E-state index contributed by atoms with van der Waals surface area (Å²) in [6, 6.07) is 7.43. The maximum atomic E-state index is 13.4. The van der Waals surface area contributed by atoms with Gasteiger partial charge in [0.2, 0.25) is 0 Å². The van der Waals surface area contributed by atoms with Gasteiger partial charge in [0, 0.05) is 18.0 Å². The Morgan fingerprint density at radius 1 is 1.17 bits per heavy atom. The molecule has 0 aliphatic rings. The van der Waals surface area contributed by atoms with Gasteiger partial charge in [-0.05, 0) is 23.6 Å². The van der Waals surface area contributed by atoms with Crippen molar-refractivity contribution >= 4 is 11.3 Å².